The summed E-state index contributed by atoms with van der Waals surface area (Å²) in [5, 5.41) is 10.3. The number of hydrogen-bond donors (Lipinski definition) is 1. The van der Waals surface area contributed by atoms with E-state index in [4.69, 9.17) is 16.3 Å². The van der Waals surface area contributed by atoms with E-state index in [2.05, 4.69) is 6.58 Å². The lowest BCUT2D eigenvalue weighted by atomic mass is 10.1. The van der Waals surface area contributed by atoms with Gasteiger partial charge in [-0.1, -0.05) is 17.7 Å². The van der Waals surface area contributed by atoms with Crippen molar-refractivity contribution in [3.8, 4) is 5.75 Å². The van der Waals surface area contributed by atoms with Crippen molar-refractivity contribution in [1.82, 2.24) is 0 Å². The second-order valence-electron chi connectivity index (χ2n) is 4.34. The Labute approximate surface area is 114 Å². The zero-order valence-electron chi connectivity index (χ0n) is 10.9. The number of aliphatic hydroxyl groups excluding tert-OH is 1. The first-order valence-electron chi connectivity index (χ1n) is 6.36. The Bertz CT molecular complexity index is 375. The lowest BCUT2D eigenvalue weighted by Gasteiger charge is -2.13. The Morgan fingerprint density at radius 1 is 1.39 bits per heavy atom. The lowest BCUT2D eigenvalue weighted by Crippen LogP contribution is -2.02. The topological polar surface area (TPSA) is 29.5 Å². The number of aliphatic hydroxyl groups is 1. The van der Waals surface area contributed by atoms with E-state index in [9.17, 15) is 5.11 Å². The number of allylic oxidation sites excluding steroid dienone is 1. The predicted molar refractivity (Wildman–Crippen MR) is 76.2 cm³/mol. The summed E-state index contributed by atoms with van der Waals surface area (Å²) in [6, 6.07) is 5.34. The first-order valence-corrected chi connectivity index (χ1v) is 6.74. The average Bonchev–Trinajstić information content (AvgIpc) is 2.35. The molecule has 0 fully saturated rings. The molecule has 0 saturated heterocycles. The van der Waals surface area contributed by atoms with Gasteiger partial charge in [0, 0.05) is 10.6 Å². The minimum absolute atomic E-state index is 0.570. The Kier molecular flexibility index (Phi) is 6.84. The molecular weight excluding hydrogens is 248 g/mol. The van der Waals surface area contributed by atoms with Crippen LogP contribution in [0, 0.1) is 0 Å². The number of hydrogen-bond acceptors (Lipinski definition) is 2. The van der Waals surface area contributed by atoms with Crippen molar-refractivity contribution < 1.29 is 9.84 Å². The summed E-state index contributed by atoms with van der Waals surface area (Å²) in [7, 11) is 0. The number of ether oxygens (including phenoxy) is 1. The van der Waals surface area contributed by atoms with Gasteiger partial charge in [0.05, 0.1) is 12.7 Å². The molecule has 0 heterocycles. The number of halogens is 1. The molecule has 1 atom stereocenters. The molecule has 0 aromatic heterocycles. The van der Waals surface area contributed by atoms with Gasteiger partial charge in [-0.25, -0.2) is 0 Å². The van der Waals surface area contributed by atoms with E-state index in [0.717, 1.165) is 37.0 Å². The van der Waals surface area contributed by atoms with Crippen molar-refractivity contribution in [2.24, 2.45) is 0 Å². The highest BCUT2D eigenvalue weighted by atomic mass is 35.5. The Hall–Kier alpha value is -0.990. The Balaban J connectivity index is 2.44. The second kappa shape index (κ2) is 8.17. The summed E-state index contributed by atoms with van der Waals surface area (Å²) in [5.74, 6) is 0.720. The van der Waals surface area contributed by atoms with Gasteiger partial charge < -0.3 is 9.84 Å². The van der Waals surface area contributed by atoms with Crippen LogP contribution in [-0.2, 0) is 0 Å². The smallest absolute Gasteiger partial charge is 0.125 e. The minimum atomic E-state index is -0.570. The predicted octanol–water partition coefficient (Wildman–Crippen LogP) is 4.52. The SMILES string of the molecule is C=CCCCCCOc1ccc(Cl)cc1[C@H](C)O. The third-order valence-electron chi connectivity index (χ3n) is 2.73. The van der Waals surface area contributed by atoms with Crippen LogP contribution in [0.1, 0.15) is 44.3 Å². The van der Waals surface area contributed by atoms with Crippen LogP contribution in [-0.4, -0.2) is 11.7 Å². The zero-order valence-corrected chi connectivity index (χ0v) is 11.6. The maximum absolute atomic E-state index is 9.65. The van der Waals surface area contributed by atoms with Crippen LogP contribution < -0.4 is 4.74 Å². The number of benzene rings is 1. The molecule has 1 N–H and O–H groups in total. The average molecular weight is 269 g/mol. The van der Waals surface area contributed by atoms with Gasteiger partial charge in [-0.3, -0.25) is 0 Å². The third kappa shape index (κ3) is 5.11. The Morgan fingerprint density at radius 3 is 2.83 bits per heavy atom. The quantitative estimate of drug-likeness (QED) is 0.555. The molecule has 0 aliphatic rings. The standard InChI is InChI=1S/C15H21ClO2/c1-3-4-5-6-7-10-18-15-9-8-13(16)11-14(15)12(2)17/h3,8-9,11-12,17H,1,4-7,10H2,2H3/t12-/m0/s1. The molecule has 0 aliphatic carbocycles. The van der Waals surface area contributed by atoms with E-state index in [0.29, 0.717) is 11.6 Å². The van der Waals surface area contributed by atoms with Gasteiger partial charge >= 0.3 is 0 Å². The van der Waals surface area contributed by atoms with E-state index in [1.54, 1.807) is 19.1 Å². The molecule has 100 valence electrons. The van der Waals surface area contributed by atoms with Gasteiger partial charge in [-0.2, -0.15) is 0 Å². The van der Waals surface area contributed by atoms with Crippen LogP contribution in [0.15, 0.2) is 30.9 Å². The summed E-state index contributed by atoms with van der Waals surface area (Å²) in [4.78, 5) is 0. The molecule has 0 spiro atoms. The molecule has 18 heavy (non-hydrogen) atoms. The molecule has 1 rings (SSSR count). The highest BCUT2D eigenvalue weighted by Crippen LogP contribution is 2.28. The van der Waals surface area contributed by atoms with Crippen LogP contribution in [0.4, 0.5) is 0 Å². The van der Waals surface area contributed by atoms with Gasteiger partial charge in [0.15, 0.2) is 0 Å². The molecular formula is C15H21ClO2. The summed E-state index contributed by atoms with van der Waals surface area (Å²) in [6.07, 6.45) is 5.71. The van der Waals surface area contributed by atoms with Crippen LogP contribution in [0.3, 0.4) is 0 Å². The van der Waals surface area contributed by atoms with Crippen LogP contribution in [0.2, 0.25) is 5.02 Å². The minimum Gasteiger partial charge on any atom is -0.493 e. The fraction of sp³-hybridized carbons (Fsp3) is 0.467. The van der Waals surface area contributed by atoms with Crippen LogP contribution >= 0.6 is 11.6 Å². The summed E-state index contributed by atoms with van der Waals surface area (Å²) >= 11 is 5.90. The number of rotatable bonds is 8. The molecule has 0 bridgehead atoms. The lowest BCUT2D eigenvalue weighted by molar-refractivity contribution is 0.190. The van der Waals surface area contributed by atoms with Crippen molar-refractivity contribution in [2.45, 2.75) is 38.7 Å². The molecule has 0 saturated carbocycles. The van der Waals surface area contributed by atoms with E-state index in [1.165, 1.54) is 0 Å². The van der Waals surface area contributed by atoms with Crippen LogP contribution in [0.5, 0.6) is 5.75 Å². The fourth-order valence-electron chi connectivity index (χ4n) is 1.73. The molecule has 2 nitrogen and oxygen atoms in total. The summed E-state index contributed by atoms with van der Waals surface area (Å²) in [6.45, 7) is 6.07. The number of unbranched alkanes of at least 4 members (excludes halogenated alkanes) is 3. The van der Waals surface area contributed by atoms with Crippen molar-refractivity contribution >= 4 is 11.6 Å². The normalized spacial score (nSPS) is 12.2. The highest BCUT2D eigenvalue weighted by Gasteiger charge is 2.09. The molecule has 1 aromatic carbocycles. The van der Waals surface area contributed by atoms with Crippen molar-refractivity contribution in [1.29, 1.82) is 0 Å². The van der Waals surface area contributed by atoms with Gasteiger partial charge in [-0.05, 0) is 50.8 Å². The highest BCUT2D eigenvalue weighted by molar-refractivity contribution is 6.30. The van der Waals surface area contributed by atoms with E-state index in [1.807, 2.05) is 12.1 Å². The van der Waals surface area contributed by atoms with Crippen LogP contribution in [0.25, 0.3) is 0 Å². The molecule has 0 aliphatic heterocycles. The molecule has 1 aromatic rings. The fourth-order valence-corrected chi connectivity index (χ4v) is 1.91. The first kappa shape index (κ1) is 15.1. The maximum Gasteiger partial charge on any atom is 0.125 e. The van der Waals surface area contributed by atoms with Crippen molar-refractivity contribution in [3.05, 3.63) is 41.4 Å². The second-order valence-corrected chi connectivity index (χ2v) is 4.78. The van der Waals surface area contributed by atoms with Crippen molar-refractivity contribution in [2.75, 3.05) is 6.61 Å². The van der Waals surface area contributed by atoms with E-state index in [-0.39, 0.29) is 0 Å². The molecule has 0 radical (unpaired) electrons. The maximum atomic E-state index is 9.65. The molecule has 0 amide bonds. The van der Waals surface area contributed by atoms with Crippen molar-refractivity contribution in [3.63, 3.8) is 0 Å². The first-order chi connectivity index (χ1) is 8.65. The monoisotopic (exact) mass is 268 g/mol. The van der Waals surface area contributed by atoms with Gasteiger partial charge in [-0.15, -0.1) is 6.58 Å². The summed E-state index contributed by atoms with van der Waals surface area (Å²) in [5.41, 5.74) is 0.744. The molecule has 0 unspecified atom stereocenters. The van der Waals surface area contributed by atoms with Gasteiger partial charge in [0.2, 0.25) is 0 Å². The van der Waals surface area contributed by atoms with Gasteiger partial charge in [0.25, 0.3) is 0 Å². The largest absolute Gasteiger partial charge is 0.493 e. The Morgan fingerprint density at radius 2 is 2.17 bits per heavy atom. The third-order valence-corrected chi connectivity index (χ3v) is 2.97. The van der Waals surface area contributed by atoms with E-state index >= 15 is 0 Å². The molecule has 3 heteroatoms. The zero-order chi connectivity index (χ0) is 13.4. The van der Waals surface area contributed by atoms with Gasteiger partial charge in [0.1, 0.15) is 5.75 Å². The summed E-state index contributed by atoms with van der Waals surface area (Å²) < 4.78 is 5.69. The van der Waals surface area contributed by atoms with E-state index < -0.39 is 6.10 Å².